The molecule has 1 aliphatic rings. The van der Waals surface area contributed by atoms with Gasteiger partial charge in [0.15, 0.2) is 5.69 Å². The Bertz CT molecular complexity index is 1650. The van der Waals surface area contributed by atoms with Crippen LogP contribution in [0, 0.1) is 12.7 Å². The maximum absolute atomic E-state index is 13.3. The van der Waals surface area contributed by atoms with E-state index in [0.29, 0.717) is 16.8 Å². The Kier molecular flexibility index (Phi) is 4.42. The van der Waals surface area contributed by atoms with Crippen LogP contribution in [-0.2, 0) is 5.54 Å². The van der Waals surface area contributed by atoms with E-state index in [4.69, 9.17) is 0 Å². The van der Waals surface area contributed by atoms with Gasteiger partial charge < -0.3 is 10.3 Å². The highest BCUT2D eigenvalue weighted by atomic mass is 19.1. The number of aromatic nitrogens is 3. The Labute approximate surface area is 194 Å². The summed E-state index contributed by atoms with van der Waals surface area (Å²) in [6, 6.07) is 20.1. The average molecular weight is 452 g/mol. The first kappa shape index (κ1) is 20.4. The summed E-state index contributed by atoms with van der Waals surface area (Å²) in [5.41, 5.74) is 2.55. The molecular weight excluding hydrogens is 431 g/mol. The van der Waals surface area contributed by atoms with E-state index < -0.39 is 5.54 Å². The van der Waals surface area contributed by atoms with Gasteiger partial charge in [0.1, 0.15) is 11.3 Å². The molecule has 1 saturated carbocycles. The number of aryl methyl sites for hydroxylation is 1. The molecule has 7 heteroatoms. The summed E-state index contributed by atoms with van der Waals surface area (Å²) in [6.45, 7) is 1.72. The second-order valence-electron chi connectivity index (χ2n) is 8.87. The second kappa shape index (κ2) is 7.38. The number of hydrogen-bond donors (Lipinski definition) is 2. The predicted octanol–water partition coefficient (Wildman–Crippen LogP) is 4.71. The number of carbonyl (C=O) groups excluding carboxylic acids is 1. The number of hydrogen-bond acceptors (Lipinski definition) is 3. The molecule has 168 valence electrons. The molecule has 0 aliphatic heterocycles. The summed E-state index contributed by atoms with van der Waals surface area (Å²) in [7, 11) is 0. The van der Waals surface area contributed by atoms with Crippen molar-refractivity contribution in [3.05, 3.63) is 106 Å². The Balaban J connectivity index is 1.37. The zero-order valence-corrected chi connectivity index (χ0v) is 18.4. The number of H-pyrrole nitrogens is 1. The van der Waals surface area contributed by atoms with Crippen LogP contribution in [0.3, 0.4) is 0 Å². The Hall–Kier alpha value is -4.26. The van der Waals surface area contributed by atoms with Crippen LogP contribution in [0.2, 0.25) is 0 Å². The fraction of sp³-hybridized carbons (Fsp3) is 0.148. The predicted molar refractivity (Wildman–Crippen MR) is 128 cm³/mol. The minimum absolute atomic E-state index is 0.203. The standard InChI is InChI=1S/C27H21FN4O2/c1-16-23(25(33)30-27(12-13-27)20-8-10-21(28)11-9-20)31-32-15-22(29-26(34)24(16)32)19-7-6-17-4-2-3-5-18(17)14-19/h2-11,14-15H,12-13H2,1H3,(H,29,34)(H,30,33). The molecular formula is C27H21FN4O2. The van der Waals surface area contributed by atoms with Crippen molar-refractivity contribution in [2.75, 3.05) is 0 Å². The first-order chi connectivity index (χ1) is 16.4. The molecule has 2 aromatic heterocycles. The van der Waals surface area contributed by atoms with Crippen LogP contribution in [0.25, 0.3) is 27.5 Å². The molecule has 0 saturated heterocycles. The van der Waals surface area contributed by atoms with Crippen molar-refractivity contribution in [3.8, 4) is 11.3 Å². The molecule has 1 aliphatic carbocycles. The maximum Gasteiger partial charge on any atom is 0.274 e. The first-order valence-corrected chi connectivity index (χ1v) is 11.1. The number of aromatic amines is 1. The SMILES string of the molecule is Cc1c(C(=O)NC2(c3ccc(F)cc3)CC2)nn2cc(-c3ccc4ccccc4c3)[nH]c(=O)c12. The number of halogens is 1. The molecule has 6 rings (SSSR count). The summed E-state index contributed by atoms with van der Waals surface area (Å²) in [5.74, 6) is -0.668. The third-order valence-electron chi connectivity index (χ3n) is 6.64. The van der Waals surface area contributed by atoms with Crippen LogP contribution in [0.4, 0.5) is 4.39 Å². The summed E-state index contributed by atoms with van der Waals surface area (Å²) >= 11 is 0. The third kappa shape index (κ3) is 3.28. The molecule has 3 aromatic carbocycles. The molecule has 5 aromatic rings. The van der Waals surface area contributed by atoms with E-state index in [1.54, 1.807) is 25.3 Å². The van der Waals surface area contributed by atoms with Crippen LogP contribution in [-0.4, -0.2) is 20.5 Å². The molecule has 0 radical (unpaired) electrons. The molecule has 2 heterocycles. The number of nitrogens with zero attached hydrogens (tertiary/aromatic N) is 2. The van der Waals surface area contributed by atoms with Gasteiger partial charge in [-0.1, -0.05) is 48.5 Å². The van der Waals surface area contributed by atoms with Gasteiger partial charge in [0.05, 0.1) is 17.4 Å². The van der Waals surface area contributed by atoms with Crippen molar-refractivity contribution < 1.29 is 9.18 Å². The Morgan fingerprint density at radius 3 is 2.53 bits per heavy atom. The number of fused-ring (bicyclic) bond motifs is 2. The van der Waals surface area contributed by atoms with Crippen molar-refractivity contribution in [3.63, 3.8) is 0 Å². The van der Waals surface area contributed by atoms with Crippen molar-refractivity contribution in [2.24, 2.45) is 0 Å². The summed E-state index contributed by atoms with van der Waals surface area (Å²) in [6.07, 6.45) is 3.27. The Morgan fingerprint density at radius 1 is 1.06 bits per heavy atom. The van der Waals surface area contributed by atoms with Gasteiger partial charge in [0.25, 0.3) is 11.5 Å². The van der Waals surface area contributed by atoms with Crippen molar-refractivity contribution in [1.29, 1.82) is 0 Å². The zero-order chi connectivity index (χ0) is 23.4. The minimum Gasteiger partial charge on any atom is -0.341 e. The first-order valence-electron chi connectivity index (χ1n) is 11.1. The number of amides is 1. The average Bonchev–Trinajstić information content (AvgIpc) is 3.53. The summed E-state index contributed by atoms with van der Waals surface area (Å²) < 4.78 is 14.8. The largest absolute Gasteiger partial charge is 0.341 e. The van der Waals surface area contributed by atoms with Gasteiger partial charge in [-0.05, 0) is 54.3 Å². The van der Waals surface area contributed by atoms with Gasteiger partial charge in [-0.3, -0.25) is 9.59 Å². The zero-order valence-electron chi connectivity index (χ0n) is 18.4. The monoisotopic (exact) mass is 452 g/mol. The smallest absolute Gasteiger partial charge is 0.274 e. The summed E-state index contributed by atoms with van der Waals surface area (Å²) in [4.78, 5) is 29.1. The van der Waals surface area contributed by atoms with Gasteiger partial charge in [0.2, 0.25) is 0 Å². The van der Waals surface area contributed by atoms with Gasteiger partial charge in [0, 0.05) is 11.1 Å². The van der Waals surface area contributed by atoms with Crippen molar-refractivity contribution in [1.82, 2.24) is 19.9 Å². The Morgan fingerprint density at radius 2 is 1.79 bits per heavy atom. The molecule has 6 nitrogen and oxygen atoms in total. The lowest BCUT2D eigenvalue weighted by atomic mass is 10.0. The van der Waals surface area contributed by atoms with Gasteiger partial charge in [-0.25, -0.2) is 8.91 Å². The topological polar surface area (TPSA) is 79.3 Å². The van der Waals surface area contributed by atoms with E-state index in [1.165, 1.54) is 16.6 Å². The van der Waals surface area contributed by atoms with E-state index in [9.17, 15) is 14.0 Å². The van der Waals surface area contributed by atoms with Gasteiger partial charge >= 0.3 is 0 Å². The molecule has 34 heavy (non-hydrogen) atoms. The highest BCUT2D eigenvalue weighted by Crippen LogP contribution is 2.45. The molecule has 2 N–H and O–H groups in total. The van der Waals surface area contributed by atoms with Crippen LogP contribution >= 0.6 is 0 Å². The minimum atomic E-state index is -0.518. The van der Waals surface area contributed by atoms with Crippen LogP contribution in [0.5, 0.6) is 0 Å². The van der Waals surface area contributed by atoms with E-state index in [2.05, 4.69) is 15.4 Å². The molecule has 0 spiro atoms. The number of nitrogens with one attached hydrogen (secondary N) is 2. The lowest BCUT2D eigenvalue weighted by Gasteiger charge is -2.17. The molecule has 0 bridgehead atoms. The summed E-state index contributed by atoms with van der Waals surface area (Å²) in [5, 5.41) is 9.70. The quantitative estimate of drug-likeness (QED) is 0.415. The van der Waals surface area contributed by atoms with Gasteiger partial charge in [-0.15, -0.1) is 0 Å². The van der Waals surface area contributed by atoms with Crippen LogP contribution in [0.1, 0.15) is 34.5 Å². The maximum atomic E-state index is 13.3. The molecule has 0 atom stereocenters. The second-order valence-corrected chi connectivity index (χ2v) is 8.87. The highest BCUT2D eigenvalue weighted by molar-refractivity contribution is 5.96. The lowest BCUT2D eigenvalue weighted by Crippen LogP contribution is -2.35. The van der Waals surface area contributed by atoms with Crippen molar-refractivity contribution in [2.45, 2.75) is 25.3 Å². The molecule has 0 unspecified atom stereocenters. The number of benzene rings is 3. The molecule has 1 fully saturated rings. The normalized spacial score (nSPS) is 14.4. The number of rotatable bonds is 4. The van der Waals surface area contributed by atoms with E-state index in [-0.39, 0.29) is 23.0 Å². The fourth-order valence-electron chi connectivity index (χ4n) is 4.60. The fourth-order valence-corrected chi connectivity index (χ4v) is 4.60. The third-order valence-corrected chi connectivity index (χ3v) is 6.64. The van der Waals surface area contributed by atoms with E-state index in [1.807, 2.05) is 42.5 Å². The van der Waals surface area contributed by atoms with Gasteiger partial charge in [-0.2, -0.15) is 5.10 Å². The van der Waals surface area contributed by atoms with E-state index in [0.717, 1.165) is 34.7 Å². The van der Waals surface area contributed by atoms with E-state index >= 15 is 0 Å². The number of carbonyl (C=O) groups is 1. The van der Waals surface area contributed by atoms with Crippen molar-refractivity contribution >= 4 is 22.2 Å². The highest BCUT2D eigenvalue weighted by Gasteiger charge is 2.46. The van der Waals surface area contributed by atoms with Crippen LogP contribution < -0.4 is 10.9 Å². The van der Waals surface area contributed by atoms with Crippen LogP contribution in [0.15, 0.2) is 77.7 Å². The lowest BCUT2D eigenvalue weighted by molar-refractivity contribution is 0.0925. The molecule has 1 amide bonds.